The number of anilines is 2. The van der Waals surface area contributed by atoms with E-state index in [4.69, 9.17) is 21.1 Å². The first-order chi connectivity index (χ1) is 14.5. The normalized spacial score (nSPS) is 13.8. The fourth-order valence-corrected chi connectivity index (χ4v) is 4.19. The molecule has 4 rings (SSSR count). The van der Waals surface area contributed by atoms with E-state index in [9.17, 15) is 9.59 Å². The van der Waals surface area contributed by atoms with Crippen LogP contribution >= 0.6 is 22.9 Å². The van der Waals surface area contributed by atoms with Gasteiger partial charge in [0.15, 0.2) is 11.5 Å². The Morgan fingerprint density at radius 2 is 1.70 bits per heavy atom. The van der Waals surface area contributed by atoms with Crippen molar-refractivity contribution in [2.24, 2.45) is 0 Å². The number of thiophene rings is 1. The van der Waals surface area contributed by atoms with Crippen molar-refractivity contribution in [2.45, 2.75) is 0 Å². The number of carbonyl (C=O) groups is 2. The lowest BCUT2D eigenvalue weighted by molar-refractivity contribution is -0.120. The maximum Gasteiger partial charge on any atom is 0.282 e. The molecule has 2 amide bonds. The first kappa shape index (κ1) is 20.0. The Labute approximate surface area is 182 Å². The molecule has 0 aliphatic carbocycles. The van der Waals surface area contributed by atoms with Crippen LogP contribution in [0.25, 0.3) is 5.57 Å². The zero-order valence-electron chi connectivity index (χ0n) is 16.1. The largest absolute Gasteiger partial charge is 0.493 e. The zero-order valence-corrected chi connectivity index (χ0v) is 17.7. The van der Waals surface area contributed by atoms with Gasteiger partial charge in [0.05, 0.1) is 30.5 Å². The maximum atomic E-state index is 13.3. The molecule has 0 saturated heterocycles. The van der Waals surface area contributed by atoms with Crippen LogP contribution in [0, 0.1) is 0 Å². The van der Waals surface area contributed by atoms with E-state index in [1.54, 1.807) is 55.6 Å². The Morgan fingerprint density at radius 3 is 2.37 bits per heavy atom. The first-order valence-electron chi connectivity index (χ1n) is 8.95. The van der Waals surface area contributed by atoms with Crippen molar-refractivity contribution in [2.75, 3.05) is 24.4 Å². The molecule has 152 valence electrons. The van der Waals surface area contributed by atoms with Gasteiger partial charge in [-0.1, -0.05) is 29.8 Å². The number of rotatable bonds is 6. The summed E-state index contributed by atoms with van der Waals surface area (Å²) in [6.07, 6.45) is 0. The highest BCUT2D eigenvalue weighted by Gasteiger charge is 2.41. The second kappa shape index (κ2) is 8.22. The van der Waals surface area contributed by atoms with Crippen LogP contribution < -0.4 is 19.7 Å². The van der Waals surface area contributed by atoms with Crippen LogP contribution in [0.15, 0.2) is 65.7 Å². The predicted molar refractivity (Wildman–Crippen MR) is 118 cm³/mol. The van der Waals surface area contributed by atoms with E-state index in [1.807, 2.05) is 11.4 Å². The van der Waals surface area contributed by atoms with Gasteiger partial charge in [-0.2, -0.15) is 0 Å². The summed E-state index contributed by atoms with van der Waals surface area (Å²) >= 11 is 7.66. The molecule has 8 heteroatoms. The summed E-state index contributed by atoms with van der Waals surface area (Å²) in [5.74, 6) is 0.146. The number of halogens is 1. The lowest BCUT2D eigenvalue weighted by Gasteiger charge is -2.17. The van der Waals surface area contributed by atoms with Crippen molar-refractivity contribution >= 4 is 51.7 Å². The highest BCUT2D eigenvalue weighted by molar-refractivity contribution is 7.11. The minimum absolute atomic E-state index is 0.176. The third-order valence-electron chi connectivity index (χ3n) is 4.60. The topological polar surface area (TPSA) is 67.9 Å². The second-order valence-corrected chi connectivity index (χ2v) is 7.67. The number of amides is 2. The maximum absolute atomic E-state index is 13.3. The van der Waals surface area contributed by atoms with E-state index in [2.05, 4.69) is 5.32 Å². The third kappa shape index (κ3) is 3.42. The van der Waals surface area contributed by atoms with Crippen LogP contribution in [0.1, 0.15) is 4.88 Å². The van der Waals surface area contributed by atoms with Crippen molar-refractivity contribution < 1.29 is 19.1 Å². The Morgan fingerprint density at radius 1 is 0.933 bits per heavy atom. The molecule has 0 bridgehead atoms. The average molecular weight is 441 g/mol. The minimum atomic E-state index is -0.480. The van der Waals surface area contributed by atoms with Crippen LogP contribution in [0.3, 0.4) is 0 Å². The predicted octanol–water partition coefficient (Wildman–Crippen LogP) is 4.82. The van der Waals surface area contributed by atoms with Gasteiger partial charge in [-0.25, -0.2) is 4.90 Å². The lowest BCUT2D eigenvalue weighted by Crippen LogP contribution is -2.32. The molecule has 0 spiro atoms. The molecule has 6 nitrogen and oxygen atoms in total. The number of ether oxygens (including phenoxy) is 2. The van der Waals surface area contributed by atoms with E-state index in [1.165, 1.54) is 18.4 Å². The lowest BCUT2D eigenvalue weighted by atomic mass is 10.1. The van der Waals surface area contributed by atoms with Crippen molar-refractivity contribution in [1.82, 2.24) is 0 Å². The van der Waals surface area contributed by atoms with E-state index >= 15 is 0 Å². The van der Waals surface area contributed by atoms with Gasteiger partial charge in [0.1, 0.15) is 5.70 Å². The van der Waals surface area contributed by atoms with Gasteiger partial charge in [-0.05, 0) is 35.7 Å². The number of benzene rings is 2. The van der Waals surface area contributed by atoms with Crippen LogP contribution in [0.2, 0.25) is 5.02 Å². The summed E-state index contributed by atoms with van der Waals surface area (Å²) in [4.78, 5) is 28.4. The summed E-state index contributed by atoms with van der Waals surface area (Å²) in [6, 6.07) is 15.6. The Balaban J connectivity index is 1.79. The molecule has 0 saturated carbocycles. The Kier molecular flexibility index (Phi) is 5.48. The number of methoxy groups -OCH3 is 2. The van der Waals surface area contributed by atoms with Crippen LogP contribution in [-0.4, -0.2) is 26.0 Å². The summed E-state index contributed by atoms with van der Waals surface area (Å²) in [6.45, 7) is 0. The van der Waals surface area contributed by atoms with Gasteiger partial charge in [0.2, 0.25) is 0 Å². The highest BCUT2D eigenvalue weighted by atomic mass is 35.5. The molecule has 2 aromatic carbocycles. The molecule has 0 atom stereocenters. The molecule has 3 aromatic rings. The van der Waals surface area contributed by atoms with Gasteiger partial charge < -0.3 is 14.8 Å². The number of nitrogens with zero attached hydrogens (tertiary/aromatic N) is 1. The average Bonchev–Trinajstić information content (AvgIpc) is 3.36. The van der Waals surface area contributed by atoms with Gasteiger partial charge >= 0.3 is 0 Å². The van der Waals surface area contributed by atoms with Crippen molar-refractivity contribution in [3.8, 4) is 11.5 Å². The van der Waals surface area contributed by atoms with E-state index < -0.39 is 11.8 Å². The molecule has 1 aliphatic heterocycles. The fourth-order valence-electron chi connectivity index (χ4n) is 3.21. The number of imide groups is 1. The monoisotopic (exact) mass is 440 g/mol. The van der Waals surface area contributed by atoms with Gasteiger partial charge in [-0.15, -0.1) is 11.3 Å². The third-order valence-corrected chi connectivity index (χ3v) is 5.80. The summed E-state index contributed by atoms with van der Waals surface area (Å²) in [5, 5.41) is 5.27. The zero-order chi connectivity index (χ0) is 21.3. The smallest absolute Gasteiger partial charge is 0.282 e. The number of para-hydroxylation sites is 1. The van der Waals surface area contributed by atoms with Crippen LogP contribution in [-0.2, 0) is 9.59 Å². The highest BCUT2D eigenvalue weighted by Crippen LogP contribution is 2.38. The number of hydrogen-bond donors (Lipinski definition) is 1. The van der Waals surface area contributed by atoms with E-state index in [-0.39, 0.29) is 5.70 Å². The quantitative estimate of drug-likeness (QED) is 0.557. The van der Waals surface area contributed by atoms with Crippen molar-refractivity contribution in [1.29, 1.82) is 0 Å². The summed E-state index contributed by atoms with van der Waals surface area (Å²) in [7, 11) is 3.07. The summed E-state index contributed by atoms with van der Waals surface area (Å²) in [5.41, 5.74) is 1.39. The molecule has 0 unspecified atom stereocenters. The van der Waals surface area contributed by atoms with Gasteiger partial charge in [0.25, 0.3) is 11.8 Å². The first-order valence-corrected chi connectivity index (χ1v) is 10.2. The fraction of sp³-hybridized carbons (Fsp3) is 0.0909. The number of hydrogen-bond acceptors (Lipinski definition) is 6. The van der Waals surface area contributed by atoms with E-state index in [0.29, 0.717) is 38.3 Å². The molecule has 1 N–H and O–H groups in total. The molecule has 2 heterocycles. The Hall–Kier alpha value is -3.29. The molecule has 0 fully saturated rings. The SMILES string of the molecule is COc1ccc(NC2=C(c3cccs3)C(=O)N(c3ccccc3Cl)C2=O)cc1OC. The molecule has 30 heavy (non-hydrogen) atoms. The van der Waals surface area contributed by atoms with Crippen molar-refractivity contribution in [3.63, 3.8) is 0 Å². The standard InChI is InChI=1S/C22H17ClN2O4S/c1-28-16-10-9-13(12-17(16)29-2)24-20-19(18-8-5-11-30-18)21(26)25(22(20)27)15-7-4-3-6-14(15)23/h3-12,24H,1-2H3. The van der Waals surface area contributed by atoms with Crippen LogP contribution in [0.4, 0.5) is 11.4 Å². The molecular weight excluding hydrogens is 424 g/mol. The number of nitrogens with one attached hydrogen (secondary N) is 1. The molecular formula is C22H17ClN2O4S. The Bertz CT molecular complexity index is 1160. The van der Waals surface area contributed by atoms with Gasteiger partial charge in [0, 0.05) is 16.6 Å². The van der Waals surface area contributed by atoms with Crippen LogP contribution in [0.5, 0.6) is 11.5 Å². The molecule has 0 radical (unpaired) electrons. The van der Waals surface area contributed by atoms with Crippen molar-refractivity contribution in [3.05, 3.63) is 75.6 Å². The van der Waals surface area contributed by atoms with E-state index in [0.717, 1.165) is 4.90 Å². The minimum Gasteiger partial charge on any atom is -0.493 e. The number of carbonyl (C=O) groups excluding carboxylic acids is 2. The second-order valence-electron chi connectivity index (χ2n) is 6.32. The van der Waals surface area contributed by atoms with Gasteiger partial charge in [-0.3, -0.25) is 9.59 Å². The molecule has 1 aromatic heterocycles. The molecule has 1 aliphatic rings. The summed E-state index contributed by atoms with van der Waals surface area (Å²) < 4.78 is 10.6.